The van der Waals surface area contributed by atoms with Crippen molar-refractivity contribution in [2.75, 3.05) is 0 Å². The van der Waals surface area contributed by atoms with Crippen LogP contribution in [0, 0.1) is 13.8 Å². The monoisotopic (exact) mass is 371 g/mol. The summed E-state index contributed by atoms with van der Waals surface area (Å²) in [4.78, 5) is 14.9. The van der Waals surface area contributed by atoms with Crippen molar-refractivity contribution in [2.24, 2.45) is 10.2 Å². The van der Waals surface area contributed by atoms with E-state index in [1.54, 1.807) is 12.1 Å². The molecule has 0 atom stereocenters. The second kappa shape index (κ2) is 5.96. The van der Waals surface area contributed by atoms with Crippen LogP contribution in [0.25, 0.3) is 10.9 Å². The van der Waals surface area contributed by atoms with Gasteiger partial charge in [0.2, 0.25) is 5.88 Å². The Hall–Kier alpha value is -2.47. The number of hydrogen-bond acceptors (Lipinski definition) is 3. The van der Waals surface area contributed by atoms with Gasteiger partial charge in [-0.3, -0.25) is 4.79 Å². The third-order valence-corrected chi connectivity index (χ3v) is 4.02. The topological polar surface area (TPSA) is 77.8 Å². The Morgan fingerprint density at radius 3 is 2.57 bits per heavy atom. The number of carbonyl (C=O) groups is 1. The first-order chi connectivity index (χ1) is 11.0. The number of aromatic nitrogens is 1. The van der Waals surface area contributed by atoms with E-state index in [1.807, 2.05) is 38.1 Å². The summed E-state index contributed by atoms with van der Waals surface area (Å²) < 4.78 is 0.864. The van der Waals surface area contributed by atoms with Crippen LogP contribution < -0.4 is 0 Å². The van der Waals surface area contributed by atoms with Crippen molar-refractivity contribution in [2.45, 2.75) is 13.8 Å². The molecule has 2 aromatic carbocycles. The number of rotatable bonds is 2. The molecule has 0 saturated carbocycles. The highest BCUT2D eigenvalue weighted by Crippen LogP contribution is 2.38. The van der Waals surface area contributed by atoms with Gasteiger partial charge in [0, 0.05) is 15.4 Å². The Kier molecular flexibility index (Phi) is 4.00. The van der Waals surface area contributed by atoms with Crippen LogP contribution in [-0.4, -0.2) is 16.0 Å². The third-order valence-electron chi connectivity index (χ3n) is 3.56. The fourth-order valence-corrected chi connectivity index (χ4v) is 2.92. The highest BCUT2D eigenvalue weighted by atomic mass is 79.9. The zero-order valence-electron chi connectivity index (χ0n) is 12.6. The average Bonchev–Trinajstić information content (AvgIpc) is 2.82. The zero-order valence-corrected chi connectivity index (χ0v) is 14.2. The molecule has 0 spiro atoms. The van der Waals surface area contributed by atoms with E-state index in [1.165, 1.54) is 0 Å². The van der Waals surface area contributed by atoms with Gasteiger partial charge >= 0.3 is 0 Å². The van der Waals surface area contributed by atoms with Crippen molar-refractivity contribution in [1.82, 2.24) is 4.98 Å². The van der Waals surface area contributed by atoms with E-state index in [9.17, 15) is 9.90 Å². The number of azo groups is 1. The Bertz CT molecular complexity index is 927. The van der Waals surface area contributed by atoms with E-state index in [-0.39, 0.29) is 11.6 Å². The van der Waals surface area contributed by atoms with Crippen molar-refractivity contribution < 1.29 is 9.90 Å². The lowest BCUT2D eigenvalue weighted by Gasteiger charge is -1.98. The molecule has 0 saturated heterocycles. The predicted molar refractivity (Wildman–Crippen MR) is 92.4 cm³/mol. The Morgan fingerprint density at radius 2 is 1.87 bits per heavy atom. The van der Waals surface area contributed by atoms with E-state index in [0.29, 0.717) is 10.9 Å². The van der Waals surface area contributed by atoms with Crippen LogP contribution in [0.15, 0.2) is 51.1 Å². The van der Waals surface area contributed by atoms with E-state index in [4.69, 9.17) is 0 Å². The largest absolute Gasteiger partial charge is 0.493 e. The van der Waals surface area contributed by atoms with E-state index < -0.39 is 5.91 Å². The van der Waals surface area contributed by atoms with Gasteiger partial charge in [-0.25, -0.2) is 0 Å². The number of hydrogen-bond donors (Lipinski definition) is 2. The molecule has 1 amide bonds. The van der Waals surface area contributed by atoms with Gasteiger partial charge in [-0.05, 0) is 43.7 Å². The molecule has 0 aliphatic rings. The first-order valence-electron chi connectivity index (χ1n) is 6.99. The standard InChI is InChI=1S/C17H14BrN3O2/c1-9-3-5-11(6-4-9)16(22)21-20-15-13-8-12(18)7-10(2)14(13)19-17(15)23/h3-8,19,23H,1-2H3. The fourth-order valence-electron chi connectivity index (χ4n) is 2.35. The lowest BCUT2D eigenvalue weighted by atomic mass is 10.1. The molecular formula is C17H14BrN3O2. The quantitative estimate of drug-likeness (QED) is 0.608. The second-order valence-electron chi connectivity index (χ2n) is 5.34. The van der Waals surface area contributed by atoms with Gasteiger partial charge < -0.3 is 10.1 Å². The molecule has 0 aliphatic carbocycles. The number of benzene rings is 2. The van der Waals surface area contributed by atoms with Crippen LogP contribution in [0.3, 0.4) is 0 Å². The van der Waals surface area contributed by atoms with E-state index in [0.717, 1.165) is 21.1 Å². The minimum absolute atomic E-state index is 0.110. The molecule has 0 radical (unpaired) electrons. The van der Waals surface area contributed by atoms with Crippen LogP contribution in [-0.2, 0) is 0 Å². The second-order valence-corrected chi connectivity index (χ2v) is 6.25. The minimum Gasteiger partial charge on any atom is -0.493 e. The Labute approximate surface area is 141 Å². The van der Waals surface area contributed by atoms with Crippen molar-refractivity contribution in [3.8, 4) is 5.88 Å². The SMILES string of the molecule is Cc1ccc(C(=O)N=Nc2c(O)[nH]c3c(C)cc(Br)cc23)cc1. The van der Waals surface area contributed by atoms with Gasteiger partial charge in [-0.1, -0.05) is 33.6 Å². The lowest BCUT2D eigenvalue weighted by molar-refractivity contribution is 0.0995. The number of nitrogens with one attached hydrogen (secondary N) is 1. The normalized spacial score (nSPS) is 11.4. The van der Waals surface area contributed by atoms with Crippen LogP contribution >= 0.6 is 15.9 Å². The third kappa shape index (κ3) is 3.03. The van der Waals surface area contributed by atoms with E-state index in [2.05, 4.69) is 31.1 Å². The Morgan fingerprint density at radius 1 is 1.17 bits per heavy atom. The number of aromatic hydroxyl groups is 1. The average molecular weight is 372 g/mol. The molecule has 0 unspecified atom stereocenters. The molecule has 6 heteroatoms. The Balaban J connectivity index is 1.99. The predicted octanol–water partition coefficient (Wildman–Crippen LogP) is 5.18. The summed E-state index contributed by atoms with van der Waals surface area (Å²) in [5.74, 6) is -0.563. The number of aromatic amines is 1. The molecule has 5 nitrogen and oxygen atoms in total. The number of halogens is 1. The van der Waals surface area contributed by atoms with Crippen LogP contribution in [0.1, 0.15) is 21.5 Å². The number of fused-ring (bicyclic) bond motifs is 1. The zero-order chi connectivity index (χ0) is 16.6. The number of amides is 1. The fraction of sp³-hybridized carbons (Fsp3) is 0.118. The number of aryl methyl sites for hydroxylation is 2. The van der Waals surface area contributed by atoms with Crippen LogP contribution in [0.5, 0.6) is 5.88 Å². The smallest absolute Gasteiger partial charge is 0.295 e. The maximum Gasteiger partial charge on any atom is 0.295 e. The van der Waals surface area contributed by atoms with Crippen LogP contribution in [0.2, 0.25) is 0 Å². The van der Waals surface area contributed by atoms with Crippen LogP contribution in [0.4, 0.5) is 5.69 Å². The van der Waals surface area contributed by atoms with Gasteiger partial charge in [0.05, 0.1) is 5.52 Å². The first-order valence-corrected chi connectivity index (χ1v) is 7.78. The number of carbonyl (C=O) groups excluding carboxylic acids is 1. The molecule has 0 fully saturated rings. The molecule has 0 bridgehead atoms. The molecule has 1 heterocycles. The summed E-state index contributed by atoms with van der Waals surface area (Å²) in [6.45, 7) is 3.86. The van der Waals surface area contributed by atoms with Crippen molar-refractivity contribution in [1.29, 1.82) is 0 Å². The van der Waals surface area contributed by atoms with Crippen molar-refractivity contribution >= 4 is 38.4 Å². The number of H-pyrrole nitrogens is 1. The van der Waals surface area contributed by atoms with Gasteiger partial charge in [0.1, 0.15) is 0 Å². The lowest BCUT2D eigenvalue weighted by Crippen LogP contribution is -1.92. The summed E-state index contributed by atoms with van der Waals surface area (Å²) >= 11 is 3.42. The highest BCUT2D eigenvalue weighted by Gasteiger charge is 2.14. The molecule has 116 valence electrons. The van der Waals surface area contributed by atoms with E-state index >= 15 is 0 Å². The summed E-state index contributed by atoms with van der Waals surface area (Å²) in [5.41, 5.74) is 3.49. The maximum absolute atomic E-state index is 12.1. The molecular weight excluding hydrogens is 358 g/mol. The summed E-state index contributed by atoms with van der Waals surface area (Å²) in [7, 11) is 0. The number of nitrogens with zero attached hydrogens (tertiary/aromatic N) is 2. The van der Waals surface area contributed by atoms with Gasteiger partial charge in [-0.2, -0.15) is 0 Å². The highest BCUT2D eigenvalue weighted by molar-refractivity contribution is 9.10. The summed E-state index contributed by atoms with van der Waals surface area (Å²) in [6, 6.07) is 10.8. The molecule has 3 aromatic rings. The first kappa shape index (κ1) is 15.4. The van der Waals surface area contributed by atoms with Crippen molar-refractivity contribution in [3.63, 3.8) is 0 Å². The van der Waals surface area contributed by atoms with Gasteiger partial charge in [-0.15, -0.1) is 10.2 Å². The molecule has 3 rings (SSSR count). The summed E-state index contributed by atoms with van der Waals surface area (Å²) in [6.07, 6.45) is 0. The minimum atomic E-state index is -0.453. The molecule has 0 aliphatic heterocycles. The molecule has 23 heavy (non-hydrogen) atoms. The molecule has 1 aromatic heterocycles. The maximum atomic E-state index is 12.1. The van der Waals surface area contributed by atoms with Gasteiger partial charge in [0.25, 0.3) is 5.91 Å². The van der Waals surface area contributed by atoms with Gasteiger partial charge in [0.15, 0.2) is 5.69 Å². The summed E-state index contributed by atoms with van der Waals surface area (Å²) in [5, 5.41) is 18.4. The molecule has 2 N–H and O–H groups in total. The van der Waals surface area contributed by atoms with Crippen molar-refractivity contribution in [3.05, 3.63) is 57.6 Å².